The van der Waals surface area contributed by atoms with Gasteiger partial charge in [-0.3, -0.25) is 0 Å². The van der Waals surface area contributed by atoms with Crippen molar-refractivity contribution >= 4 is 22.6 Å². The second-order valence-corrected chi connectivity index (χ2v) is 5.99. The van der Waals surface area contributed by atoms with E-state index in [0.717, 1.165) is 34.9 Å². The molecule has 0 aliphatic rings. The summed E-state index contributed by atoms with van der Waals surface area (Å²) in [5, 5.41) is 4.04. The van der Waals surface area contributed by atoms with Gasteiger partial charge in [0.25, 0.3) is 0 Å². The van der Waals surface area contributed by atoms with Crippen molar-refractivity contribution in [1.29, 1.82) is 0 Å². The van der Waals surface area contributed by atoms with Gasteiger partial charge in [-0.15, -0.1) is 5.10 Å². The second kappa shape index (κ2) is 5.91. The predicted octanol–water partition coefficient (Wildman–Crippen LogP) is 2.85. The van der Waals surface area contributed by atoms with Crippen LogP contribution in [0.4, 0.5) is 0 Å². The molecule has 3 rings (SSSR count). The van der Waals surface area contributed by atoms with E-state index in [1.165, 1.54) is 17.0 Å². The lowest BCUT2D eigenvalue weighted by Gasteiger charge is -2.12. The Bertz CT molecular complexity index is 745. The minimum absolute atomic E-state index is 0.0996. The van der Waals surface area contributed by atoms with Crippen LogP contribution in [0.25, 0.3) is 11.0 Å². The molecule has 6 heteroatoms. The largest absolute Gasteiger partial charge is 0.328 e. The molecule has 2 aromatic heterocycles. The van der Waals surface area contributed by atoms with Gasteiger partial charge in [0.1, 0.15) is 5.82 Å². The molecule has 0 saturated carbocycles. The maximum atomic E-state index is 6.34. The van der Waals surface area contributed by atoms with Crippen molar-refractivity contribution in [2.45, 2.75) is 39.3 Å². The Morgan fingerprint density at radius 2 is 2.14 bits per heavy atom. The van der Waals surface area contributed by atoms with Gasteiger partial charge in [-0.25, -0.2) is 4.98 Å². The molecule has 1 atom stereocenters. The van der Waals surface area contributed by atoms with Crippen molar-refractivity contribution in [2.75, 3.05) is 0 Å². The zero-order valence-corrected chi connectivity index (χ0v) is 13.1. The first kappa shape index (κ1) is 14.2. The molecule has 2 heterocycles. The van der Waals surface area contributed by atoms with Gasteiger partial charge < -0.3 is 10.3 Å². The average molecular weight is 301 g/mol. The molecule has 0 aliphatic heterocycles. The summed E-state index contributed by atoms with van der Waals surface area (Å²) in [6, 6.07) is 8.14. The molecule has 0 aliphatic carbocycles. The fourth-order valence-electron chi connectivity index (χ4n) is 2.62. The number of nitrogens with two attached hydrogens (primary N) is 1. The molecule has 0 fully saturated rings. The van der Waals surface area contributed by atoms with Gasteiger partial charge in [0, 0.05) is 19.0 Å². The van der Waals surface area contributed by atoms with E-state index in [-0.39, 0.29) is 6.04 Å². The van der Waals surface area contributed by atoms with Gasteiger partial charge in [-0.1, -0.05) is 23.5 Å². The van der Waals surface area contributed by atoms with Gasteiger partial charge in [0.15, 0.2) is 0 Å². The molecule has 110 valence electrons. The summed E-state index contributed by atoms with van der Waals surface area (Å²) in [4.78, 5) is 5.80. The third kappa shape index (κ3) is 2.69. The van der Waals surface area contributed by atoms with Crippen LogP contribution in [0.3, 0.4) is 0 Å². The first-order valence-electron chi connectivity index (χ1n) is 7.19. The summed E-state index contributed by atoms with van der Waals surface area (Å²) in [5.41, 5.74) is 9.47. The van der Waals surface area contributed by atoms with E-state index in [0.29, 0.717) is 6.42 Å². The minimum atomic E-state index is -0.0996. The van der Waals surface area contributed by atoms with Crippen molar-refractivity contribution in [2.24, 2.45) is 5.73 Å². The molecule has 1 aromatic carbocycles. The number of para-hydroxylation sites is 2. The van der Waals surface area contributed by atoms with Gasteiger partial charge in [0.2, 0.25) is 0 Å². The van der Waals surface area contributed by atoms with Crippen LogP contribution in [0.1, 0.15) is 35.8 Å². The number of benzene rings is 1. The van der Waals surface area contributed by atoms with Crippen LogP contribution in [0, 0.1) is 6.92 Å². The SMILES string of the molecule is CCCn1c(CC(N)c2snnc2C)nc2ccccc21. The fraction of sp³-hybridized carbons (Fsp3) is 0.400. The van der Waals surface area contributed by atoms with E-state index in [1.807, 2.05) is 13.0 Å². The first-order valence-corrected chi connectivity index (χ1v) is 7.96. The molecule has 21 heavy (non-hydrogen) atoms. The van der Waals surface area contributed by atoms with Crippen LogP contribution in [0.2, 0.25) is 0 Å². The topological polar surface area (TPSA) is 69.6 Å². The van der Waals surface area contributed by atoms with Crippen LogP contribution in [-0.2, 0) is 13.0 Å². The molecule has 0 bridgehead atoms. The quantitative estimate of drug-likeness (QED) is 0.786. The minimum Gasteiger partial charge on any atom is -0.328 e. The maximum Gasteiger partial charge on any atom is 0.111 e. The number of hydrogen-bond acceptors (Lipinski definition) is 5. The highest BCUT2D eigenvalue weighted by atomic mass is 32.1. The normalized spacial score (nSPS) is 12.9. The van der Waals surface area contributed by atoms with Crippen LogP contribution >= 0.6 is 11.5 Å². The van der Waals surface area contributed by atoms with Gasteiger partial charge in [-0.2, -0.15) is 0 Å². The van der Waals surface area contributed by atoms with Crippen LogP contribution in [-0.4, -0.2) is 19.1 Å². The molecule has 3 aromatic rings. The molecular formula is C15H19N5S. The van der Waals surface area contributed by atoms with E-state index >= 15 is 0 Å². The van der Waals surface area contributed by atoms with Gasteiger partial charge in [-0.05, 0) is 37.0 Å². The predicted molar refractivity (Wildman–Crippen MR) is 85.3 cm³/mol. The maximum absolute atomic E-state index is 6.34. The van der Waals surface area contributed by atoms with Crippen LogP contribution < -0.4 is 5.73 Å². The number of rotatable bonds is 5. The Hall–Kier alpha value is -1.79. The molecule has 0 amide bonds. The molecule has 1 unspecified atom stereocenters. The number of nitrogens with zero attached hydrogens (tertiary/aromatic N) is 4. The zero-order valence-electron chi connectivity index (χ0n) is 12.3. The Balaban J connectivity index is 1.96. The highest BCUT2D eigenvalue weighted by Crippen LogP contribution is 2.24. The lowest BCUT2D eigenvalue weighted by molar-refractivity contribution is 0.612. The third-order valence-electron chi connectivity index (χ3n) is 3.61. The van der Waals surface area contributed by atoms with Crippen LogP contribution in [0.5, 0.6) is 0 Å². The smallest absolute Gasteiger partial charge is 0.111 e. The molecule has 0 saturated heterocycles. The standard InChI is InChI=1S/C15H19N5S/c1-3-8-20-13-7-5-4-6-12(13)17-14(20)9-11(16)15-10(2)18-19-21-15/h4-7,11H,3,8-9,16H2,1-2H3. The Kier molecular flexibility index (Phi) is 3.98. The monoisotopic (exact) mass is 301 g/mol. The van der Waals surface area contributed by atoms with Gasteiger partial charge >= 0.3 is 0 Å². The Morgan fingerprint density at radius 3 is 2.86 bits per heavy atom. The molecule has 2 N–H and O–H groups in total. The molecule has 0 spiro atoms. The molecule has 5 nitrogen and oxygen atoms in total. The van der Waals surface area contributed by atoms with Crippen LogP contribution in [0.15, 0.2) is 24.3 Å². The first-order chi connectivity index (χ1) is 10.2. The Labute approximate surface area is 128 Å². The zero-order chi connectivity index (χ0) is 14.8. The summed E-state index contributed by atoms with van der Waals surface area (Å²) < 4.78 is 6.25. The number of imidazole rings is 1. The lowest BCUT2D eigenvalue weighted by atomic mass is 10.1. The lowest BCUT2D eigenvalue weighted by Crippen LogP contribution is -2.16. The summed E-state index contributed by atoms with van der Waals surface area (Å²) in [7, 11) is 0. The second-order valence-electron chi connectivity index (χ2n) is 5.20. The Morgan fingerprint density at radius 1 is 1.33 bits per heavy atom. The van der Waals surface area contributed by atoms with E-state index in [1.54, 1.807) is 0 Å². The van der Waals surface area contributed by atoms with Gasteiger partial charge in [0.05, 0.1) is 21.6 Å². The van der Waals surface area contributed by atoms with E-state index in [9.17, 15) is 0 Å². The van der Waals surface area contributed by atoms with Crippen molar-refractivity contribution in [1.82, 2.24) is 19.1 Å². The summed E-state index contributed by atoms with van der Waals surface area (Å²) in [6.45, 7) is 5.09. The summed E-state index contributed by atoms with van der Waals surface area (Å²) >= 11 is 1.38. The number of hydrogen-bond donors (Lipinski definition) is 1. The van der Waals surface area contributed by atoms with Crippen molar-refractivity contribution < 1.29 is 0 Å². The number of aryl methyl sites for hydroxylation is 2. The van der Waals surface area contributed by atoms with E-state index in [4.69, 9.17) is 10.7 Å². The molecule has 0 radical (unpaired) electrons. The van der Waals surface area contributed by atoms with Crippen molar-refractivity contribution in [3.63, 3.8) is 0 Å². The number of aromatic nitrogens is 4. The summed E-state index contributed by atoms with van der Waals surface area (Å²) in [6.07, 6.45) is 1.78. The van der Waals surface area contributed by atoms with Crippen molar-refractivity contribution in [3.8, 4) is 0 Å². The highest BCUT2D eigenvalue weighted by molar-refractivity contribution is 7.05. The average Bonchev–Trinajstić information content (AvgIpc) is 3.04. The fourth-order valence-corrected chi connectivity index (χ4v) is 3.26. The third-order valence-corrected chi connectivity index (χ3v) is 4.56. The van der Waals surface area contributed by atoms with Crippen molar-refractivity contribution in [3.05, 3.63) is 40.7 Å². The summed E-state index contributed by atoms with van der Waals surface area (Å²) in [5.74, 6) is 1.04. The highest BCUT2D eigenvalue weighted by Gasteiger charge is 2.18. The molecular weight excluding hydrogens is 282 g/mol. The number of fused-ring (bicyclic) bond motifs is 1. The van der Waals surface area contributed by atoms with E-state index < -0.39 is 0 Å². The van der Waals surface area contributed by atoms with E-state index in [2.05, 4.69) is 39.3 Å².